The first-order valence-electron chi connectivity index (χ1n) is 7.45. The van der Waals surface area contributed by atoms with Crippen molar-refractivity contribution in [3.8, 4) is 11.1 Å². The monoisotopic (exact) mass is 315 g/mol. The Hall–Kier alpha value is -2.24. The van der Waals surface area contributed by atoms with Gasteiger partial charge in [-0.2, -0.15) is 0 Å². The first-order valence-corrected chi connectivity index (χ1v) is 7.45. The van der Waals surface area contributed by atoms with Crippen LogP contribution in [0.15, 0.2) is 48.5 Å². The number of aliphatic hydroxyl groups excluding tert-OH is 1. The summed E-state index contributed by atoms with van der Waals surface area (Å²) in [6.45, 7) is 0.623. The summed E-state index contributed by atoms with van der Waals surface area (Å²) in [5, 5.41) is 9.82. The SMILES string of the molecule is CO[C@H]1CN(C(=O)c2ccc(-c3ccccc3F)cc2)C[C@@H]1O. The van der Waals surface area contributed by atoms with Gasteiger partial charge in [0.15, 0.2) is 0 Å². The number of likely N-dealkylation sites (tertiary alicyclic amines) is 1. The van der Waals surface area contributed by atoms with Crippen LogP contribution in [-0.2, 0) is 4.74 Å². The Bertz CT molecular complexity index is 702. The third-order valence-electron chi connectivity index (χ3n) is 4.14. The van der Waals surface area contributed by atoms with E-state index in [1.807, 2.05) is 0 Å². The van der Waals surface area contributed by atoms with Crippen molar-refractivity contribution in [2.75, 3.05) is 20.2 Å². The van der Waals surface area contributed by atoms with Gasteiger partial charge in [-0.3, -0.25) is 4.79 Å². The van der Waals surface area contributed by atoms with Gasteiger partial charge in [0.25, 0.3) is 5.91 Å². The molecular weight excluding hydrogens is 297 g/mol. The maximum atomic E-state index is 13.8. The number of carbonyl (C=O) groups is 1. The molecule has 0 radical (unpaired) electrons. The minimum absolute atomic E-state index is 0.163. The van der Waals surface area contributed by atoms with E-state index in [9.17, 15) is 14.3 Å². The maximum absolute atomic E-state index is 13.8. The van der Waals surface area contributed by atoms with Crippen molar-refractivity contribution < 1.29 is 19.0 Å². The molecule has 0 bridgehead atoms. The molecule has 1 aliphatic heterocycles. The first-order chi connectivity index (χ1) is 11.1. The lowest BCUT2D eigenvalue weighted by molar-refractivity contribution is 0.0215. The minimum Gasteiger partial charge on any atom is -0.388 e. The lowest BCUT2D eigenvalue weighted by Crippen LogP contribution is -2.29. The van der Waals surface area contributed by atoms with Crippen molar-refractivity contribution in [2.45, 2.75) is 12.2 Å². The number of benzene rings is 2. The average molecular weight is 315 g/mol. The molecule has 1 amide bonds. The number of hydrogen-bond acceptors (Lipinski definition) is 3. The van der Waals surface area contributed by atoms with Crippen LogP contribution < -0.4 is 0 Å². The van der Waals surface area contributed by atoms with Crippen molar-refractivity contribution >= 4 is 5.91 Å². The molecule has 2 aromatic rings. The van der Waals surface area contributed by atoms with Crippen LogP contribution in [0.25, 0.3) is 11.1 Å². The number of nitrogens with zero attached hydrogens (tertiary/aromatic N) is 1. The lowest BCUT2D eigenvalue weighted by atomic mass is 10.0. The van der Waals surface area contributed by atoms with Gasteiger partial charge in [-0.25, -0.2) is 4.39 Å². The van der Waals surface area contributed by atoms with E-state index in [0.29, 0.717) is 17.7 Å². The predicted molar refractivity (Wildman–Crippen MR) is 84.5 cm³/mol. The molecule has 1 N–H and O–H groups in total. The van der Waals surface area contributed by atoms with Gasteiger partial charge >= 0.3 is 0 Å². The van der Waals surface area contributed by atoms with Crippen molar-refractivity contribution in [1.29, 1.82) is 0 Å². The highest BCUT2D eigenvalue weighted by Crippen LogP contribution is 2.24. The Morgan fingerprint density at radius 2 is 1.87 bits per heavy atom. The lowest BCUT2D eigenvalue weighted by Gasteiger charge is -2.16. The molecule has 0 saturated carbocycles. The third kappa shape index (κ3) is 3.11. The number of carbonyl (C=O) groups excluding carboxylic acids is 1. The van der Waals surface area contributed by atoms with Gasteiger partial charge < -0.3 is 14.7 Å². The van der Waals surface area contributed by atoms with E-state index >= 15 is 0 Å². The molecule has 2 aromatic carbocycles. The highest BCUT2D eigenvalue weighted by atomic mass is 19.1. The molecule has 1 aliphatic rings. The summed E-state index contributed by atoms with van der Waals surface area (Å²) in [6, 6.07) is 13.3. The van der Waals surface area contributed by atoms with E-state index < -0.39 is 6.10 Å². The number of rotatable bonds is 3. The Morgan fingerprint density at radius 3 is 2.48 bits per heavy atom. The van der Waals surface area contributed by atoms with Crippen LogP contribution in [0, 0.1) is 5.82 Å². The zero-order valence-corrected chi connectivity index (χ0v) is 12.8. The van der Waals surface area contributed by atoms with Crippen LogP contribution in [0.1, 0.15) is 10.4 Å². The van der Waals surface area contributed by atoms with E-state index in [1.54, 1.807) is 47.4 Å². The van der Waals surface area contributed by atoms with Gasteiger partial charge in [0.05, 0.1) is 6.10 Å². The average Bonchev–Trinajstić information content (AvgIpc) is 2.96. The number of aliphatic hydroxyl groups is 1. The molecule has 1 heterocycles. The maximum Gasteiger partial charge on any atom is 0.254 e. The zero-order chi connectivity index (χ0) is 16.4. The molecule has 0 aliphatic carbocycles. The van der Waals surface area contributed by atoms with Gasteiger partial charge in [0.1, 0.15) is 11.9 Å². The summed E-state index contributed by atoms with van der Waals surface area (Å²) in [4.78, 5) is 14.0. The fraction of sp³-hybridized carbons (Fsp3) is 0.278. The summed E-state index contributed by atoms with van der Waals surface area (Å²) in [7, 11) is 1.52. The van der Waals surface area contributed by atoms with Gasteiger partial charge in [-0.1, -0.05) is 30.3 Å². The number of amides is 1. The molecule has 4 nitrogen and oxygen atoms in total. The number of hydrogen-bond donors (Lipinski definition) is 1. The van der Waals surface area contributed by atoms with Gasteiger partial charge in [-0.15, -0.1) is 0 Å². The molecule has 2 atom stereocenters. The summed E-state index contributed by atoms with van der Waals surface area (Å²) >= 11 is 0. The molecule has 3 rings (SSSR count). The van der Waals surface area contributed by atoms with Gasteiger partial charge in [0.2, 0.25) is 0 Å². The van der Waals surface area contributed by atoms with Crippen LogP contribution in [0.4, 0.5) is 4.39 Å². The molecule has 1 fully saturated rings. The second-order valence-corrected chi connectivity index (χ2v) is 5.61. The zero-order valence-electron chi connectivity index (χ0n) is 12.8. The fourth-order valence-corrected chi connectivity index (χ4v) is 2.82. The summed E-state index contributed by atoms with van der Waals surface area (Å²) in [6.07, 6.45) is -1.02. The molecule has 120 valence electrons. The van der Waals surface area contributed by atoms with Crippen molar-refractivity contribution in [2.24, 2.45) is 0 Å². The van der Waals surface area contributed by atoms with Gasteiger partial charge in [-0.05, 0) is 23.8 Å². The smallest absolute Gasteiger partial charge is 0.254 e. The van der Waals surface area contributed by atoms with E-state index in [-0.39, 0.29) is 24.4 Å². The molecular formula is C18H18FNO3. The number of ether oxygens (including phenoxy) is 1. The number of halogens is 1. The molecule has 23 heavy (non-hydrogen) atoms. The van der Waals surface area contributed by atoms with E-state index in [1.165, 1.54) is 13.2 Å². The molecule has 0 aromatic heterocycles. The molecule has 1 saturated heterocycles. The second-order valence-electron chi connectivity index (χ2n) is 5.61. The summed E-state index contributed by atoms with van der Waals surface area (Å²) in [5.74, 6) is -0.458. The van der Waals surface area contributed by atoms with Crippen LogP contribution in [-0.4, -0.2) is 48.3 Å². The van der Waals surface area contributed by atoms with E-state index in [0.717, 1.165) is 5.56 Å². The molecule has 0 spiro atoms. The standard InChI is InChI=1S/C18H18FNO3/c1-23-17-11-20(10-16(17)21)18(22)13-8-6-12(7-9-13)14-4-2-3-5-15(14)19/h2-9,16-17,21H,10-11H2,1H3/t16-,17-/m0/s1. The first kappa shape index (κ1) is 15.6. The van der Waals surface area contributed by atoms with Crippen LogP contribution in [0.2, 0.25) is 0 Å². The van der Waals surface area contributed by atoms with Crippen molar-refractivity contribution in [3.05, 3.63) is 59.9 Å². The van der Waals surface area contributed by atoms with E-state index in [4.69, 9.17) is 4.74 Å². The Labute approximate surface area is 134 Å². The summed E-state index contributed by atoms with van der Waals surface area (Å²) in [5.41, 5.74) is 1.73. The van der Waals surface area contributed by atoms with Crippen molar-refractivity contribution in [1.82, 2.24) is 4.90 Å². The Kier molecular flexibility index (Phi) is 4.41. The predicted octanol–water partition coefficient (Wildman–Crippen LogP) is 2.32. The Morgan fingerprint density at radius 1 is 1.17 bits per heavy atom. The highest BCUT2D eigenvalue weighted by molar-refractivity contribution is 5.95. The Balaban J connectivity index is 1.78. The van der Waals surface area contributed by atoms with E-state index in [2.05, 4.69) is 0 Å². The van der Waals surface area contributed by atoms with Crippen LogP contribution in [0.5, 0.6) is 0 Å². The van der Waals surface area contributed by atoms with Crippen molar-refractivity contribution in [3.63, 3.8) is 0 Å². The van der Waals surface area contributed by atoms with Crippen LogP contribution in [0.3, 0.4) is 0 Å². The minimum atomic E-state index is -0.665. The molecule has 0 unspecified atom stereocenters. The number of β-amino-alcohol motifs (C(OH)–C–C–N with tert-alkyl or cyclic N) is 1. The second kappa shape index (κ2) is 6.48. The van der Waals surface area contributed by atoms with Gasteiger partial charge in [0, 0.05) is 31.3 Å². The molecule has 5 heteroatoms. The highest BCUT2D eigenvalue weighted by Gasteiger charge is 2.34. The normalized spacial score (nSPS) is 20.7. The fourth-order valence-electron chi connectivity index (χ4n) is 2.82. The third-order valence-corrected chi connectivity index (χ3v) is 4.14. The summed E-state index contributed by atoms with van der Waals surface area (Å²) < 4.78 is 18.9. The topological polar surface area (TPSA) is 49.8 Å². The quantitative estimate of drug-likeness (QED) is 0.946. The number of methoxy groups -OCH3 is 1. The largest absolute Gasteiger partial charge is 0.388 e. The van der Waals surface area contributed by atoms with Crippen LogP contribution >= 0.6 is 0 Å².